The van der Waals surface area contributed by atoms with Crippen LogP contribution >= 0.6 is 11.8 Å². The van der Waals surface area contributed by atoms with E-state index in [2.05, 4.69) is 5.32 Å². The maximum absolute atomic E-state index is 13.6. The molecule has 1 saturated heterocycles. The minimum absolute atomic E-state index is 0.314. The van der Waals surface area contributed by atoms with Crippen LogP contribution in [0.4, 0.5) is 23.7 Å². The van der Waals surface area contributed by atoms with Crippen molar-refractivity contribution in [2.75, 3.05) is 17.6 Å². The summed E-state index contributed by atoms with van der Waals surface area (Å²) in [6.45, 7) is 0.439. The molecule has 0 radical (unpaired) electrons. The molecule has 0 bridgehead atoms. The molecule has 0 spiro atoms. The second kappa shape index (κ2) is 6.54. The highest BCUT2D eigenvalue weighted by molar-refractivity contribution is 7.99. The molecule has 1 aliphatic heterocycles. The second-order valence-electron chi connectivity index (χ2n) is 4.99. The lowest BCUT2D eigenvalue weighted by atomic mass is 10.2. The van der Waals surface area contributed by atoms with Gasteiger partial charge in [-0.25, -0.2) is 18.0 Å². The molecule has 120 valence electrons. The van der Waals surface area contributed by atoms with Crippen LogP contribution in [0.15, 0.2) is 42.5 Å². The number of hydrogen-bond acceptors (Lipinski definition) is 2. The van der Waals surface area contributed by atoms with Crippen LogP contribution in [0.2, 0.25) is 0 Å². The number of carbonyl (C=O) groups excluding carboxylic acids is 1. The monoisotopic (exact) mass is 338 g/mol. The Morgan fingerprint density at radius 2 is 1.74 bits per heavy atom. The van der Waals surface area contributed by atoms with Crippen molar-refractivity contribution in [3.63, 3.8) is 0 Å². The fourth-order valence-corrected chi connectivity index (χ4v) is 3.63. The standard InChI is InChI=1S/C16H13F3N2OS/c17-11-6-4-10(5-7-11)15-21(8-9-23-15)16(22)20-14-12(18)2-1-3-13(14)19/h1-7,15H,8-9H2,(H,20,22). The van der Waals surface area contributed by atoms with E-state index < -0.39 is 23.4 Å². The average molecular weight is 338 g/mol. The number of amides is 2. The topological polar surface area (TPSA) is 32.3 Å². The number of hydrogen-bond donors (Lipinski definition) is 1. The third-order valence-electron chi connectivity index (χ3n) is 3.50. The molecule has 2 amide bonds. The second-order valence-corrected chi connectivity index (χ2v) is 6.18. The average Bonchev–Trinajstić information content (AvgIpc) is 3.01. The van der Waals surface area contributed by atoms with Crippen molar-refractivity contribution in [1.82, 2.24) is 4.90 Å². The lowest BCUT2D eigenvalue weighted by Crippen LogP contribution is -2.34. The van der Waals surface area contributed by atoms with Gasteiger partial charge in [0, 0.05) is 12.3 Å². The van der Waals surface area contributed by atoms with E-state index in [-0.39, 0.29) is 11.2 Å². The van der Waals surface area contributed by atoms with Gasteiger partial charge in [-0.1, -0.05) is 18.2 Å². The van der Waals surface area contributed by atoms with Crippen LogP contribution in [0, 0.1) is 17.5 Å². The quantitative estimate of drug-likeness (QED) is 0.881. The van der Waals surface area contributed by atoms with E-state index >= 15 is 0 Å². The van der Waals surface area contributed by atoms with Crippen LogP contribution in [-0.4, -0.2) is 23.2 Å². The van der Waals surface area contributed by atoms with E-state index in [0.717, 1.165) is 17.7 Å². The lowest BCUT2D eigenvalue weighted by molar-refractivity contribution is 0.214. The fourth-order valence-electron chi connectivity index (χ4n) is 2.38. The zero-order valence-corrected chi connectivity index (χ0v) is 12.7. The summed E-state index contributed by atoms with van der Waals surface area (Å²) >= 11 is 1.51. The predicted octanol–water partition coefficient (Wildman–Crippen LogP) is 4.38. The van der Waals surface area contributed by atoms with Gasteiger partial charge < -0.3 is 10.2 Å². The number of urea groups is 1. The number of carbonyl (C=O) groups is 1. The van der Waals surface area contributed by atoms with Gasteiger partial charge in [0.2, 0.25) is 0 Å². The van der Waals surface area contributed by atoms with Crippen LogP contribution in [0.3, 0.4) is 0 Å². The zero-order chi connectivity index (χ0) is 16.4. The van der Waals surface area contributed by atoms with Gasteiger partial charge in [0.15, 0.2) is 0 Å². The van der Waals surface area contributed by atoms with Crippen molar-refractivity contribution in [3.8, 4) is 0 Å². The highest BCUT2D eigenvalue weighted by atomic mass is 32.2. The first kappa shape index (κ1) is 15.7. The number of anilines is 1. The van der Waals surface area contributed by atoms with Crippen LogP contribution in [0.5, 0.6) is 0 Å². The molecule has 2 aromatic carbocycles. The summed E-state index contributed by atoms with van der Waals surface area (Å²) in [5.41, 5.74) is 0.297. The van der Waals surface area contributed by atoms with E-state index in [1.54, 1.807) is 12.1 Å². The summed E-state index contributed by atoms with van der Waals surface area (Å²) in [6, 6.07) is 8.64. The third-order valence-corrected chi connectivity index (χ3v) is 4.76. The molecule has 23 heavy (non-hydrogen) atoms. The van der Waals surface area contributed by atoms with Gasteiger partial charge in [-0.15, -0.1) is 11.8 Å². The van der Waals surface area contributed by atoms with E-state index in [4.69, 9.17) is 0 Å². The number of para-hydroxylation sites is 1. The Morgan fingerprint density at radius 3 is 2.39 bits per heavy atom. The minimum Gasteiger partial charge on any atom is -0.308 e. The molecule has 1 N–H and O–H groups in total. The molecule has 1 fully saturated rings. The molecule has 1 atom stereocenters. The molecule has 0 aliphatic carbocycles. The van der Waals surface area contributed by atoms with Crippen molar-refractivity contribution in [2.45, 2.75) is 5.37 Å². The van der Waals surface area contributed by atoms with Gasteiger partial charge in [0.25, 0.3) is 0 Å². The first-order valence-corrected chi connectivity index (χ1v) is 8.00. The summed E-state index contributed by atoms with van der Waals surface area (Å²) in [5.74, 6) is -1.33. The fraction of sp³-hybridized carbons (Fsp3) is 0.188. The Hall–Kier alpha value is -2.15. The summed E-state index contributed by atoms with van der Waals surface area (Å²) in [7, 11) is 0. The minimum atomic E-state index is -0.830. The zero-order valence-electron chi connectivity index (χ0n) is 11.9. The number of rotatable bonds is 2. The summed E-state index contributed by atoms with van der Waals surface area (Å²) < 4.78 is 40.3. The SMILES string of the molecule is O=C(Nc1c(F)cccc1F)N1CCSC1c1ccc(F)cc1. The van der Waals surface area contributed by atoms with Crippen LogP contribution in [-0.2, 0) is 0 Å². The number of halogens is 3. The molecule has 2 aromatic rings. The smallest absolute Gasteiger partial charge is 0.308 e. The normalized spacial score (nSPS) is 17.3. The van der Waals surface area contributed by atoms with Crippen molar-refractivity contribution >= 4 is 23.5 Å². The molecule has 3 nitrogen and oxygen atoms in total. The van der Waals surface area contributed by atoms with Gasteiger partial charge in [-0.2, -0.15) is 0 Å². The van der Waals surface area contributed by atoms with Crippen LogP contribution < -0.4 is 5.32 Å². The maximum atomic E-state index is 13.6. The van der Waals surface area contributed by atoms with Gasteiger partial charge in [0.05, 0.1) is 0 Å². The predicted molar refractivity (Wildman–Crippen MR) is 83.7 cm³/mol. The highest BCUT2D eigenvalue weighted by Gasteiger charge is 2.31. The third kappa shape index (κ3) is 3.29. The molecule has 0 aromatic heterocycles. The number of nitrogens with zero attached hydrogens (tertiary/aromatic N) is 1. The maximum Gasteiger partial charge on any atom is 0.323 e. The molecule has 1 heterocycles. The Kier molecular flexibility index (Phi) is 4.47. The van der Waals surface area contributed by atoms with Crippen molar-refractivity contribution in [3.05, 3.63) is 65.5 Å². The highest BCUT2D eigenvalue weighted by Crippen LogP contribution is 2.38. The molecule has 0 saturated carbocycles. The molecule has 1 unspecified atom stereocenters. The van der Waals surface area contributed by atoms with Crippen LogP contribution in [0.1, 0.15) is 10.9 Å². The van der Waals surface area contributed by atoms with Gasteiger partial charge >= 0.3 is 6.03 Å². The molecule has 3 rings (SSSR count). The first-order chi connectivity index (χ1) is 11.1. The van der Waals surface area contributed by atoms with Gasteiger partial charge in [-0.3, -0.25) is 0 Å². The Labute approximate surface area is 135 Å². The van der Waals surface area contributed by atoms with Crippen LogP contribution in [0.25, 0.3) is 0 Å². The van der Waals surface area contributed by atoms with Crippen molar-refractivity contribution in [2.24, 2.45) is 0 Å². The summed E-state index contributed by atoms with van der Waals surface area (Å²) in [4.78, 5) is 13.8. The van der Waals surface area contributed by atoms with Crippen molar-refractivity contribution < 1.29 is 18.0 Å². The molecule has 1 aliphatic rings. The number of nitrogens with one attached hydrogen (secondary N) is 1. The Balaban J connectivity index is 1.80. The van der Waals surface area contributed by atoms with E-state index in [1.807, 2.05) is 0 Å². The largest absolute Gasteiger partial charge is 0.323 e. The summed E-state index contributed by atoms with van der Waals surface area (Å²) in [6.07, 6.45) is 0. The van der Waals surface area contributed by atoms with E-state index in [1.165, 1.54) is 34.9 Å². The molecular formula is C16H13F3N2OS. The first-order valence-electron chi connectivity index (χ1n) is 6.95. The number of thioether (sulfide) groups is 1. The Morgan fingerprint density at radius 1 is 1.09 bits per heavy atom. The van der Waals surface area contributed by atoms with E-state index in [9.17, 15) is 18.0 Å². The molecular weight excluding hydrogens is 325 g/mol. The summed E-state index contributed by atoms with van der Waals surface area (Å²) in [5, 5.41) is 1.97. The van der Waals surface area contributed by atoms with Gasteiger partial charge in [0.1, 0.15) is 28.5 Å². The van der Waals surface area contributed by atoms with Crippen molar-refractivity contribution in [1.29, 1.82) is 0 Å². The Bertz CT molecular complexity index is 704. The molecule has 7 heteroatoms. The van der Waals surface area contributed by atoms with Gasteiger partial charge in [-0.05, 0) is 29.8 Å². The lowest BCUT2D eigenvalue weighted by Gasteiger charge is -2.24. The van der Waals surface area contributed by atoms with E-state index in [0.29, 0.717) is 12.3 Å². The number of benzene rings is 2.